The van der Waals surface area contributed by atoms with Gasteiger partial charge < -0.3 is 9.22 Å². The minimum absolute atomic E-state index is 0.158. The lowest BCUT2D eigenvalue weighted by Crippen LogP contribution is -2.56. The second kappa shape index (κ2) is 5.51. The average Bonchev–Trinajstić information content (AvgIpc) is 2.94. The summed E-state index contributed by atoms with van der Waals surface area (Å²) in [4.78, 5) is 12.7. The highest BCUT2D eigenvalue weighted by molar-refractivity contribution is 5.73. The highest BCUT2D eigenvalue weighted by atomic mass is 16.5. The highest BCUT2D eigenvalue weighted by Crippen LogP contribution is 2.47. The Hall–Kier alpha value is -0.570. The lowest BCUT2D eigenvalue weighted by atomic mass is 9.78. The SMILES string of the molecule is C[N+]1(C)C2CCC1CC(OC(=O)C1CCC3CCCCC31)C2. The van der Waals surface area contributed by atoms with Crippen molar-refractivity contribution in [1.29, 1.82) is 0 Å². The topological polar surface area (TPSA) is 26.3 Å². The molecule has 0 aromatic heterocycles. The predicted octanol–water partition coefficient (Wildman–Crippen LogP) is 3.52. The van der Waals surface area contributed by atoms with Crippen molar-refractivity contribution < 1.29 is 14.0 Å². The molecule has 2 saturated heterocycles. The summed E-state index contributed by atoms with van der Waals surface area (Å²) in [6.07, 6.45) is 12.7. The van der Waals surface area contributed by atoms with Gasteiger partial charge in [-0.2, -0.15) is 0 Å². The number of piperidine rings is 1. The minimum atomic E-state index is 0.158. The first-order chi connectivity index (χ1) is 10.6. The van der Waals surface area contributed by atoms with Crippen LogP contribution >= 0.6 is 0 Å². The van der Waals surface area contributed by atoms with Crippen molar-refractivity contribution >= 4 is 5.97 Å². The molecule has 0 aromatic carbocycles. The number of fused-ring (bicyclic) bond motifs is 3. The Morgan fingerprint density at radius 3 is 2.32 bits per heavy atom. The number of ether oxygens (including phenoxy) is 1. The molecule has 22 heavy (non-hydrogen) atoms. The lowest BCUT2D eigenvalue weighted by Gasteiger charge is -2.44. The first-order valence-corrected chi connectivity index (χ1v) is 9.59. The zero-order valence-electron chi connectivity index (χ0n) is 14.3. The molecule has 2 saturated carbocycles. The van der Waals surface area contributed by atoms with Crippen LogP contribution in [0.25, 0.3) is 0 Å². The average molecular weight is 306 g/mol. The summed E-state index contributed by atoms with van der Waals surface area (Å²) in [5, 5.41) is 0. The van der Waals surface area contributed by atoms with E-state index in [1.165, 1.54) is 44.9 Å². The molecule has 4 fully saturated rings. The summed E-state index contributed by atoms with van der Waals surface area (Å²) in [5.41, 5.74) is 0. The third kappa shape index (κ3) is 2.40. The largest absolute Gasteiger partial charge is 0.462 e. The predicted molar refractivity (Wildman–Crippen MR) is 86.2 cm³/mol. The van der Waals surface area contributed by atoms with Crippen LogP contribution in [-0.4, -0.2) is 42.7 Å². The minimum Gasteiger partial charge on any atom is -0.462 e. The maximum Gasteiger partial charge on any atom is 0.309 e. The van der Waals surface area contributed by atoms with E-state index in [0.29, 0.717) is 18.0 Å². The molecule has 124 valence electrons. The van der Waals surface area contributed by atoms with Crippen molar-refractivity contribution in [2.75, 3.05) is 14.1 Å². The van der Waals surface area contributed by atoms with Crippen molar-refractivity contribution in [3.63, 3.8) is 0 Å². The number of esters is 1. The lowest BCUT2D eigenvalue weighted by molar-refractivity contribution is -0.931. The zero-order valence-corrected chi connectivity index (χ0v) is 14.3. The molecule has 0 spiro atoms. The fourth-order valence-corrected chi connectivity index (χ4v) is 6.20. The Morgan fingerprint density at radius 2 is 1.59 bits per heavy atom. The Bertz CT molecular complexity index is 431. The van der Waals surface area contributed by atoms with Crippen LogP contribution in [0.2, 0.25) is 0 Å². The van der Waals surface area contributed by atoms with Gasteiger partial charge in [0, 0.05) is 25.7 Å². The molecule has 2 heterocycles. The molecular formula is C19H32NO2+. The van der Waals surface area contributed by atoms with Gasteiger partial charge in [-0.25, -0.2) is 0 Å². The fourth-order valence-electron chi connectivity index (χ4n) is 6.20. The van der Waals surface area contributed by atoms with Gasteiger partial charge in [-0.05, 0) is 31.1 Å². The number of hydrogen-bond donors (Lipinski definition) is 0. The smallest absolute Gasteiger partial charge is 0.309 e. The summed E-state index contributed by atoms with van der Waals surface area (Å²) in [5.74, 6) is 1.86. The Morgan fingerprint density at radius 1 is 0.909 bits per heavy atom. The van der Waals surface area contributed by atoms with E-state index < -0.39 is 0 Å². The molecule has 2 bridgehead atoms. The van der Waals surface area contributed by atoms with Gasteiger partial charge in [0.05, 0.1) is 32.1 Å². The summed E-state index contributed by atoms with van der Waals surface area (Å²) in [6, 6.07) is 1.42. The van der Waals surface area contributed by atoms with E-state index in [-0.39, 0.29) is 18.0 Å². The molecule has 5 unspecified atom stereocenters. The molecule has 0 amide bonds. The monoisotopic (exact) mass is 306 g/mol. The summed E-state index contributed by atoms with van der Waals surface area (Å²) >= 11 is 0. The first-order valence-electron chi connectivity index (χ1n) is 9.59. The van der Waals surface area contributed by atoms with Gasteiger partial charge >= 0.3 is 5.97 Å². The summed E-state index contributed by atoms with van der Waals surface area (Å²) in [7, 11) is 4.73. The molecular weight excluding hydrogens is 274 g/mol. The molecule has 2 aliphatic carbocycles. The summed E-state index contributed by atoms with van der Waals surface area (Å²) in [6.45, 7) is 0. The molecule has 4 rings (SSSR count). The molecule has 5 atom stereocenters. The van der Waals surface area contributed by atoms with E-state index in [2.05, 4.69) is 14.1 Å². The number of hydrogen-bond acceptors (Lipinski definition) is 2. The Balaban J connectivity index is 1.37. The maximum absolute atomic E-state index is 12.7. The van der Waals surface area contributed by atoms with E-state index in [1.807, 2.05) is 0 Å². The van der Waals surface area contributed by atoms with Crippen LogP contribution in [0, 0.1) is 17.8 Å². The molecule has 2 aliphatic heterocycles. The second-order valence-electron chi connectivity index (χ2n) is 8.94. The van der Waals surface area contributed by atoms with E-state index in [1.54, 1.807) is 0 Å². The van der Waals surface area contributed by atoms with Crippen LogP contribution in [0.15, 0.2) is 0 Å². The van der Waals surface area contributed by atoms with Crippen molar-refractivity contribution in [2.24, 2.45) is 17.8 Å². The summed E-state index contributed by atoms with van der Waals surface area (Å²) < 4.78 is 7.20. The van der Waals surface area contributed by atoms with Crippen LogP contribution in [0.1, 0.15) is 64.2 Å². The van der Waals surface area contributed by atoms with Gasteiger partial charge in [0.15, 0.2) is 0 Å². The van der Waals surface area contributed by atoms with Crippen LogP contribution in [-0.2, 0) is 9.53 Å². The number of nitrogens with zero attached hydrogens (tertiary/aromatic N) is 1. The van der Waals surface area contributed by atoms with E-state index in [4.69, 9.17) is 4.74 Å². The molecule has 4 aliphatic rings. The maximum atomic E-state index is 12.7. The Labute approximate surface area is 135 Å². The third-order valence-electron chi connectivity index (χ3n) is 7.70. The van der Waals surface area contributed by atoms with Crippen molar-refractivity contribution in [2.45, 2.75) is 82.4 Å². The second-order valence-corrected chi connectivity index (χ2v) is 8.94. The number of rotatable bonds is 2. The number of carbonyl (C=O) groups excluding carboxylic acids is 1. The van der Waals surface area contributed by atoms with Gasteiger partial charge in [0.25, 0.3) is 0 Å². The standard InChI is InChI=1S/C19H32NO2/c1-20(2)14-8-9-15(20)12-16(11-14)22-19(21)18-10-7-13-5-3-4-6-17(13)18/h13-18H,3-12H2,1-2H3/q+1. The van der Waals surface area contributed by atoms with Crippen LogP contribution in [0.3, 0.4) is 0 Å². The van der Waals surface area contributed by atoms with Crippen LogP contribution in [0.4, 0.5) is 0 Å². The third-order valence-corrected chi connectivity index (χ3v) is 7.70. The quantitative estimate of drug-likeness (QED) is 0.576. The van der Waals surface area contributed by atoms with E-state index in [0.717, 1.165) is 29.7 Å². The zero-order chi connectivity index (χ0) is 15.3. The van der Waals surface area contributed by atoms with Crippen molar-refractivity contribution in [3.05, 3.63) is 0 Å². The Kier molecular flexibility index (Phi) is 3.75. The molecule has 0 radical (unpaired) electrons. The van der Waals surface area contributed by atoms with Gasteiger partial charge in [-0.1, -0.05) is 19.3 Å². The molecule has 0 aromatic rings. The number of quaternary nitrogens is 1. The van der Waals surface area contributed by atoms with E-state index in [9.17, 15) is 4.79 Å². The highest BCUT2D eigenvalue weighted by Gasteiger charge is 2.50. The number of carbonyl (C=O) groups is 1. The normalized spacial score (nSPS) is 46.3. The van der Waals surface area contributed by atoms with E-state index >= 15 is 0 Å². The van der Waals surface area contributed by atoms with Crippen molar-refractivity contribution in [3.8, 4) is 0 Å². The molecule has 3 nitrogen and oxygen atoms in total. The molecule has 0 N–H and O–H groups in total. The molecule has 3 heteroatoms. The first kappa shape index (κ1) is 15.0. The van der Waals surface area contributed by atoms with Gasteiger partial charge in [0.1, 0.15) is 6.10 Å². The van der Waals surface area contributed by atoms with Gasteiger partial charge in [0.2, 0.25) is 0 Å². The van der Waals surface area contributed by atoms with Gasteiger partial charge in [-0.3, -0.25) is 4.79 Å². The van der Waals surface area contributed by atoms with Gasteiger partial charge in [-0.15, -0.1) is 0 Å². The van der Waals surface area contributed by atoms with Crippen LogP contribution < -0.4 is 0 Å². The van der Waals surface area contributed by atoms with Crippen LogP contribution in [0.5, 0.6) is 0 Å². The van der Waals surface area contributed by atoms with Crippen molar-refractivity contribution in [1.82, 2.24) is 0 Å². The fraction of sp³-hybridized carbons (Fsp3) is 0.947.